The van der Waals surface area contributed by atoms with Crippen LogP contribution in [0.1, 0.15) is 18.6 Å². The van der Waals surface area contributed by atoms with Gasteiger partial charge in [-0.25, -0.2) is 4.98 Å². The normalized spacial score (nSPS) is 15.8. The van der Waals surface area contributed by atoms with E-state index >= 15 is 0 Å². The Balaban J connectivity index is 1.50. The monoisotopic (exact) mass is 373 g/mol. The zero-order valence-electron chi connectivity index (χ0n) is 13.2. The molecule has 3 heterocycles. The molecule has 1 N–H and O–H groups in total. The maximum atomic E-state index is 12.4. The molecule has 6 nitrogen and oxygen atoms in total. The molecule has 2 aromatic rings. The lowest BCUT2D eigenvalue weighted by atomic mass is 10.2. The van der Waals surface area contributed by atoms with Gasteiger partial charge in [-0.2, -0.15) is 0 Å². The van der Waals surface area contributed by atoms with E-state index in [1.807, 2.05) is 0 Å². The zero-order valence-corrected chi connectivity index (χ0v) is 14.8. The molecule has 1 aliphatic rings. The highest BCUT2D eigenvalue weighted by Gasteiger charge is 2.31. The van der Waals surface area contributed by atoms with Gasteiger partial charge in [0.25, 0.3) is 5.91 Å². The van der Waals surface area contributed by atoms with E-state index in [1.54, 1.807) is 48.9 Å². The third-order valence-electron chi connectivity index (χ3n) is 3.41. The Bertz CT molecular complexity index is 804. The molecule has 25 heavy (non-hydrogen) atoms. The second-order valence-electron chi connectivity index (χ2n) is 5.22. The summed E-state index contributed by atoms with van der Waals surface area (Å²) in [6, 6.07) is 8.83. The van der Waals surface area contributed by atoms with E-state index in [-0.39, 0.29) is 18.2 Å². The average Bonchev–Trinajstić information content (AvgIpc) is 3.19. The first-order valence-corrected chi connectivity index (χ1v) is 8.86. The lowest BCUT2D eigenvalue weighted by Gasteiger charge is -2.13. The topological polar surface area (TPSA) is 75.4 Å². The molecule has 2 amide bonds. The predicted octanol–water partition coefficient (Wildman–Crippen LogP) is 3.29. The van der Waals surface area contributed by atoms with Crippen LogP contribution in [0.15, 0.2) is 52.1 Å². The number of carbonyl (C=O) groups excluding carboxylic acids is 2. The molecule has 0 radical (unpaired) electrons. The summed E-state index contributed by atoms with van der Waals surface area (Å²) in [7, 11) is 0. The molecule has 2 aromatic heterocycles. The number of thioether (sulfide) groups is 1. The summed E-state index contributed by atoms with van der Waals surface area (Å²) in [5.41, 5.74) is 0. The van der Waals surface area contributed by atoms with Gasteiger partial charge in [0.05, 0.1) is 11.2 Å². The number of hydrogen-bond donors (Lipinski definition) is 1. The molecule has 0 saturated carbocycles. The maximum Gasteiger partial charge on any atom is 0.266 e. The number of anilines is 1. The summed E-state index contributed by atoms with van der Waals surface area (Å²) >= 11 is 6.50. The van der Waals surface area contributed by atoms with Crippen molar-refractivity contribution in [1.29, 1.82) is 0 Å². The molecule has 1 saturated heterocycles. The highest BCUT2D eigenvalue weighted by Crippen LogP contribution is 2.32. The van der Waals surface area contributed by atoms with Crippen molar-refractivity contribution >= 4 is 52.0 Å². The second-order valence-corrected chi connectivity index (χ2v) is 6.89. The van der Waals surface area contributed by atoms with Crippen LogP contribution in [0.5, 0.6) is 0 Å². The Labute approximate surface area is 154 Å². The third kappa shape index (κ3) is 4.55. The van der Waals surface area contributed by atoms with Gasteiger partial charge in [-0.3, -0.25) is 14.5 Å². The van der Waals surface area contributed by atoms with Gasteiger partial charge < -0.3 is 9.73 Å². The number of carbonyl (C=O) groups is 2. The Hall–Kier alpha value is -2.45. The number of nitrogens with one attached hydrogen (secondary N) is 1. The second kappa shape index (κ2) is 8.09. The van der Waals surface area contributed by atoms with E-state index in [0.717, 1.165) is 0 Å². The SMILES string of the molecule is O=C(CCCN1C(=O)/C(=C\c2ccco2)SC1=S)Nc1ccccn1. The fraction of sp³-hybridized carbons (Fsp3) is 0.176. The van der Waals surface area contributed by atoms with Crippen molar-refractivity contribution in [3.8, 4) is 0 Å². The molecule has 128 valence electrons. The minimum absolute atomic E-state index is 0.143. The van der Waals surface area contributed by atoms with Gasteiger partial charge >= 0.3 is 0 Å². The van der Waals surface area contributed by atoms with Crippen LogP contribution in [0, 0.1) is 0 Å². The highest BCUT2D eigenvalue weighted by molar-refractivity contribution is 8.26. The molecule has 3 rings (SSSR count). The lowest BCUT2D eigenvalue weighted by Crippen LogP contribution is -2.29. The van der Waals surface area contributed by atoms with Crippen LogP contribution in [0.4, 0.5) is 5.82 Å². The van der Waals surface area contributed by atoms with Crippen LogP contribution in [-0.2, 0) is 9.59 Å². The van der Waals surface area contributed by atoms with Crippen LogP contribution >= 0.6 is 24.0 Å². The van der Waals surface area contributed by atoms with Crippen molar-refractivity contribution in [1.82, 2.24) is 9.88 Å². The summed E-state index contributed by atoms with van der Waals surface area (Å²) in [4.78, 5) is 30.4. The number of furan rings is 1. The van der Waals surface area contributed by atoms with Crippen LogP contribution in [-0.4, -0.2) is 32.6 Å². The van der Waals surface area contributed by atoms with E-state index in [0.29, 0.717) is 33.8 Å². The van der Waals surface area contributed by atoms with Crippen LogP contribution in [0.3, 0.4) is 0 Å². The first-order valence-electron chi connectivity index (χ1n) is 7.63. The van der Waals surface area contributed by atoms with Gasteiger partial charge in [-0.05, 0) is 30.7 Å². The molecule has 0 aromatic carbocycles. The first kappa shape index (κ1) is 17.4. The quantitative estimate of drug-likeness (QED) is 0.619. The predicted molar refractivity (Wildman–Crippen MR) is 101 cm³/mol. The largest absolute Gasteiger partial charge is 0.465 e. The number of nitrogens with zero attached hydrogens (tertiary/aromatic N) is 2. The molecule has 0 spiro atoms. The van der Waals surface area contributed by atoms with Crippen molar-refractivity contribution in [2.45, 2.75) is 12.8 Å². The number of amides is 2. The third-order valence-corrected chi connectivity index (χ3v) is 4.79. The van der Waals surface area contributed by atoms with Gasteiger partial charge in [-0.1, -0.05) is 30.0 Å². The minimum Gasteiger partial charge on any atom is -0.465 e. The smallest absolute Gasteiger partial charge is 0.266 e. The maximum absolute atomic E-state index is 12.4. The molecular formula is C17H15N3O3S2. The average molecular weight is 373 g/mol. The molecule has 0 atom stereocenters. The molecular weight excluding hydrogens is 358 g/mol. The van der Waals surface area contributed by atoms with Crippen molar-refractivity contribution in [3.05, 3.63) is 53.5 Å². The molecule has 0 unspecified atom stereocenters. The number of rotatable bonds is 6. The van der Waals surface area contributed by atoms with Crippen LogP contribution < -0.4 is 5.32 Å². The van der Waals surface area contributed by atoms with E-state index in [1.165, 1.54) is 16.7 Å². The van der Waals surface area contributed by atoms with Crippen molar-refractivity contribution < 1.29 is 14.0 Å². The molecule has 8 heteroatoms. The number of thiocarbonyl (C=S) groups is 1. The Morgan fingerprint density at radius 2 is 2.24 bits per heavy atom. The van der Waals surface area contributed by atoms with E-state index in [9.17, 15) is 9.59 Å². The van der Waals surface area contributed by atoms with Crippen molar-refractivity contribution in [2.24, 2.45) is 0 Å². The summed E-state index contributed by atoms with van der Waals surface area (Å²) in [5, 5.41) is 2.71. The van der Waals surface area contributed by atoms with Crippen LogP contribution in [0.2, 0.25) is 0 Å². The van der Waals surface area contributed by atoms with Crippen molar-refractivity contribution in [3.63, 3.8) is 0 Å². The van der Waals surface area contributed by atoms with E-state index in [4.69, 9.17) is 16.6 Å². The molecule has 1 aliphatic heterocycles. The van der Waals surface area contributed by atoms with Gasteiger partial charge in [0.15, 0.2) is 0 Å². The van der Waals surface area contributed by atoms with E-state index in [2.05, 4.69) is 10.3 Å². The van der Waals surface area contributed by atoms with Gasteiger partial charge in [-0.15, -0.1) is 0 Å². The summed E-state index contributed by atoms with van der Waals surface area (Å²) < 4.78 is 5.71. The summed E-state index contributed by atoms with van der Waals surface area (Å²) in [6.45, 7) is 0.399. The molecule has 0 aliphatic carbocycles. The lowest BCUT2D eigenvalue weighted by molar-refractivity contribution is -0.122. The Morgan fingerprint density at radius 3 is 2.96 bits per heavy atom. The first-order chi connectivity index (χ1) is 12.1. The van der Waals surface area contributed by atoms with E-state index < -0.39 is 0 Å². The Morgan fingerprint density at radius 1 is 1.36 bits per heavy atom. The number of pyridine rings is 1. The standard InChI is InChI=1S/C17H15N3O3S2/c21-15(19-14-6-1-2-8-18-14)7-3-9-20-16(22)13(25-17(20)24)11-12-5-4-10-23-12/h1-2,4-6,8,10-11H,3,7,9H2,(H,18,19,21)/b13-11+. The van der Waals surface area contributed by atoms with Crippen molar-refractivity contribution in [2.75, 3.05) is 11.9 Å². The van der Waals surface area contributed by atoms with Crippen LogP contribution in [0.25, 0.3) is 6.08 Å². The number of aromatic nitrogens is 1. The fourth-order valence-corrected chi connectivity index (χ4v) is 3.52. The fourth-order valence-electron chi connectivity index (χ4n) is 2.24. The summed E-state index contributed by atoms with van der Waals surface area (Å²) in [6.07, 6.45) is 5.63. The van der Waals surface area contributed by atoms with Gasteiger partial charge in [0.2, 0.25) is 5.91 Å². The molecule has 1 fully saturated rings. The highest BCUT2D eigenvalue weighted by atomic mass is 32.2. The summed E-state index contributed by atoms with van der Waals surface area (Å²) in [5.74, 6) is 0.821. The number of hydrogen-bond acceptors (Lipinski definition) is 6. The van der Waals surface area contributed by atoms with Gasteiger partial charge in [0, 0.05) is 25.2 Å². The minimum atomic E-state index is -0.156. The Kier molecular flexibility index (Phi) is 5.62. The zero-order chi connectivity index (χ0) is 17.6. The molecule has 0 bridgehead atoms. The van der Waals surface area contributed by atoms with Gasteiger partial charge in [0.1, 0.15) is 15.9 Å².